The monoisotopic (exact) mass is 539 g/mol. The lowest BCUT2D eigenvalue weighted by Gasteiger charge is -2.48. The molecule has 2 N–H and O–H groups in total. The summed E-state index contributed by atoms with van der Waals surface area (Å²) < 4.78 is 0. The summed E-state index contributed by atoms with van der Waals surface area (Å²) in [7, 11) is 0. The van der Waals surface area contributed by atoms with Gasteiger partial charge in [0.15, 0.2) is 0 Å². The summed E-state index contributed by atoms with van der Waals surface area (Å²) in [4.78, 5) is 41.0. The summed E-state index contributed by atoms with van der Waals surface area (Å²) in [5, 5.41) is 6.61. The van der Waals surface area contributed by atoms with Crippen molar-refractivity contribution in [1.82, 2.24) is 25.1 Å². The van der Waals surface area contributed by atoms with Crippen molar-refractivity contribution in [3.8, 4) is 0 Å². The minimum Gasteiger partial charge on any atom is -0.359 e. The van der Waals surface area contributed by atoms with Crippen LogP contribution in [0.25, 0.3) is 0 Å². The van der Waals surface area contributed by atoms with E-state index in [1.165, 1.54) is 44.9 Å². The van der Waals surface area contributed by atoms with E-state index in [1.807, 2.05) is 12.3 Å². The fourth-order valence-corrected chi connectivity index (χ4v) is 7.45. The van der Waals surface area contributed by atoms with Crippen molar-refractivity contribution in [1.29, 1.82) is 0 Å². The summed E-state index contributed by atoms with van der Waals surface area (Å²) in [6.45, 7) is 5.60. The van der Waals surface area contributed by atoms with Crippen LogP contribution in [-0.4, -0.2) is 89.5 Å². The van der Waals surface area contributed by atoms with E-state index in [0.29, 0.717) is 30.5 Å². The number of piperidine rings is 2. The van der Waals surface area contributed by atoms with E-state index in [-0.39, 0.29) is 12.0 Å². The number of likely N-dealkylation sites (tertiary alicyclic amines) is 2. The quantitative estimate of drug-likeness (QED) is 0.364. The Bertz CT molecular complexity index is 908. The molecule has 2 amide bonds. The molecular formula is C30H49N7O2. The Morgan fingerprint density at radius 3 is 2.38 bits per heavy atom. The number of amides is 2. The molecule has 0 aromatic carbocycles. The molecule has 4 heterocycles. The van der Waals surface area contributed by atoms with Crippen molar-refractivity contribution >= 4 is 24.1 Å². The highest BCUT2D eigenvalue weighted by atomic mass is 16.2. The largest absolute Gasteiger partial charge is 0.359 e. The van der Waals surface area contributed by atoms with Gasteiger partial charge in [0.1, 0.15) is 5.82 Å². The van der Waals surface area contributed by atoms with Crippen LogP contribution in [0.15, 0.2) is 12.3 Å². The maximum atomic E-state index is 13.1. The van der Waals surface area contributed by atoms with Crippen molar-refractivity contribution in [3.05, 3.63) is 12.3 Å². The molecule has 4 aliphatic rings. The molecule has 4 fully saturated rings. The Morgan fingerprint density at radius 2 is 1.64 bits per heavy atom. The highest BCUT2D eigenvalue weighted by molar-refractivity contribution is 5.79. The fourth-order valence-electron chi connectivity index (χ4n) is 7.45. The highest BCUT2D eigenvalue weighted by Gasteiger charge is 2.38. The van der Waals surface area contributed by atoms with Crippen LogP contribution in [0.3, 0.4) is 0 Å². The number of aromatic nitrogens is 2. The average molecular weight is 540 g/mol. The summed E-state index contributed by atoms with van der Waals surface area (Å²) in [6.07, 6.45) is 18.7. The second kappa shape index (κ2) is 14.3. The van der Waals surface area contributed by atoms with Crippen molar-refractivity contribution in [2.75, 3.05) is 49.5 Å². The first-order valence-electron chi connectivity index (χ1n) is 15.8. The predicted octanol–water partition coefficient (Wildman–Crippen LogP) is 3.81. The van der Waals surface area contributed by atoms with Crippen LogP contribution >= 0.6 is 0 Å². The minimum atomic E-state index is 0.230. The number of carbonyl (C=O) groups excluding carboxylic acids is 2. The number of anilines is 2. The van der Waals surface area contributed by atoms with Gasteiger partial charge in [0.25, 0.3) is 0 Å². The molecular weight excluding hydrogens is 490 g/mol. The number of hydrogen-bond donors (Lipinski definition) is 2. The van der Waals surface area contributed by atoms with E-state index >= 15 is 0 Å². The van der Waals surface area contributed by atoms with Crippen LogP contribution < -0.4 is 15.5 Å². The third-order valence-electron chi connectivity index (χ3n) is 9.57. The van der Waals surface area contributed by atoms with Gasteiger partial charge in [0.2, 0.25) is 18.3 Å². The number of rotatable bonds is 9. The maximum absolute atomic E-state index is 13.1. The van der Waals surface area contributed by atoms with Gasteiger partial charge in [-0.1, -0.05) is 32.1 Å². The molecule has 0 spiro atoms. The first kappa shape index (κ1) is 28.1. The Hall–Kier alpha value is -2.42. The molecule has 1 saturated carbocycles. The summed E-state index contributed by atoms with van der Waals surface area (Å²) in [5.74, 6) is 2.40. The Morgan fingerprint density at radius 1 is 0.897 bits per heavy atom. The van der Waals surface area contributed by atoms with E-state index in [1.54, 1.807) is 0 Å². The molecule has 2 atom stereocenters. The topological polar surface area (TPSA) is 93.7 Å². The lowest BCUT2D eigenvalue weighted by molar-refractivity contribution is -0.138. The molecule has 1 aromatic rings. The van der Waals surface area contributed by atoms with E-state index in [0.717, 1.165) is 89.9 Å². The normalized spacial score (nSPS) is 26.2. The minimum absolute atomic E-state index is 0.230. The third-order valence-corrected chi connectivity index (χ3v) is 9.57. The summed E-state index contributed by atoms with van der Waals surface area (Å²) in [6, 6.07) is 3.03. The van der Waals surface area contributed by atoms with Gasteiger partial charge in [-0.15, -0.1) is 0 Å². The first-order chi connectivity index (χ1) is 19.2. The second-order valence-electron chi connectivity index (χ2n) is 12.1. The van der Waals surface area contributed by atoms with Gasteiger partial charge in [0.05, 0.1) is 0 Å². The number of nitrogens with zero attached hydrogens (tertiary/aromatic N) is 5. The average Bonchev–Trinajstić information content (AvgIpc) is 3.28. The molecule has 1 aliphatic carbocycles. The van der Waals surface area contributed by atoms with Gasteiger partial charge in [-0.2, -0.15) is 4.98 Å². The van der Waals surface area contributed by atoms with Crippen LogP contribution in [0.1, 0.15) is 89.9 Å². The van der Waals surface area contributed by atoms with Gasteiger partial charge in [-0.3, -0.25) is 14.5 Å². The van der Waals surface area contributed by atoms with Crippen molar-refractivity contribution in [3.63, 3.8) is 0 Å². The Labute approximate surface area is 234 Å². The lowest BCUT2D eigenvalue weighted by atomic mass is 9.87. The number of carbonyl (C=O) groups is 2. The van der Waals surface area contributed by atoms with Crippen molar-refractivity contribution in [2.24, 2.45) is 5.92 Å². The molecule has 1 aromatic heterocycles. The Balaban J connectivity index is 1.23. The summed E-state index contributed by atoms with van der Waals surface area (Å²) >= 11 is 0. The van der Waals surface area contributed by atoms with Gasteiger partial charge < -0.3 is 20.4 Å². The zero-order chi connectivity index (χ0) is 26.9. The number of hydrogen-bond acceptors (Lipinski definition) is 7. The Kier molecular flexibility index (Phi) is 10.3. The molecule has 0 radical (unpaired) electrons. The molecule has 0 unspecified atom stereocenters. The summed E-state index contributed by atoms with van der Waals surface area (Å²) in [5.41, 5.74) is 0. The van der Waals surface area contributed by atoms with E-state index in [9.17, 15) is 9.59 Å². The molecule has 9 heteroatoms. The molecule has 39 heavy (non-hydrogen) atoms. The molecule has 3 aliphatic heterocycles. The predicted molar refractivity (Wildman–Crippen MR) is 155 cm³/mol. The van der Waals surface area contributed by atoms with Crippen LogP contribution in [0.4, 0.5) is 11.8 Å². The molecule has 216 valence electrons. The number of nitrogens with one attached hydrogen (secondary N) is 2. The highest BCUT2D eigenvalue weighted by Crippen LogP contribution is 2.31. The van der Waals surface area contributed by atoms with E-state index < -0.39 is 0 Å². The second-order valence-corrected chi connectivity index (χ2v) is 12.1. The first-order valence-corrected chi connectivity index (χ1v) is 15.8. The molecule has 5 rings (SSSR count). The fraction of sp³-hybridized carbons (Fsp3) is 0.800. The zero-order valence-electron chi connectivity index (χ0n) is 23.7. The van der Waals surface area contributed by atoms with Gasteiger partial charge in [0, 0.05) is 63.0 Å². The van der Waals surface area contributed by atoms with Crippen LogP contribution in [0.5, 0.6) is 0 Å². The van der Waals surface area contributed by atoms with Gasteiger partial charge in [-0.05, 0) is 70.4 Å². The van der Waals surface area contributed by atoms with Crippen molar-refractivity contribution < 1.29 is 9.59 Å². The lowest BCUT2D eigenvalue weighted by Crippen LogP contribution is -2.58. The molecule has 3 saturated heterocycles. The standard InChI is InChI=1S/C30H49N7O2/c38-23-31-16-12-27-26(33-30-32-17-13-28(34-30)35-18-6-1-2-7-19-35)11-8-20-37(27)25-14-21-36(22-15-25)29(39)24-9-4-3-5-10-24/h13,17,23-27H,1-12,14-16,18-22H2,(H,31,38)(H,32,33,34)/t26-,27+/m0/s1. The van der Waals surface area contributed by atoms with E-state index in [2.05, 4.69) is 30.3 Å². The van der Waals surface area contributed by atoms with Crippen LogP contribution in [0.2, 0.25) is 0 Å². The molecule has 0 bridgehead atoms. The van der Waals surface area contributed by atoms with Gasteiger partial charge >= 0.3 is 0 Å². The van der Waals surface area contributed by atoms with E-state index in [4.69, 9.17) is 4.98 Å². The van der Waals surface area contributed by atoms with Crippen LogP contribution in [-0.2, 0) is 9.59 Å². The SMILES string of the molecule is O=CNCC[C@@H]1[C@@H](Nc2nccc(N3CCCCCC3)n2)CCCN1C1CCN(C(=O)C2CCCCC2)CC1. The maximum Gasteiger partial charge on any atom is 0.225 e. The third kappa shape index (κ3) is 7.41. The molecule has 9 nitrogen and oxygen atoms in total. The zero-order valence-corrected chi connectivity index (χ0v) is 23.7. The van der Waals surface area contributed by atoms with Gasteiger partial charge in [-0.25, -0.2) is 4.98 Å². The van der Waals surface area contributed by atoms with Crippen molar-refractivity contribution in [2.45, 2.75) is 108 Å². The smallest absolute Gasteiger partial charge is 0.225 e. The van der Waals surface area contributed by atoms with Crippen LogP contribution in [0, 0.1) is 5.92 Å².